The Morgan fingerprint density at radius 3 is 2.54 bits per heavy atom. The summed E-state index contributed by atoms with van der Waals surface area (Å²) in [5.41, 5.74) is 5.36. The number of hydrogen-bond acceptors (Lipinski definition) is 3. The van der Waals surface area contributed by atoms with E-state index in [1.165, 1.54) is 0 Å². The number of aromatic nitrogens is 1. The minimum absolute atomic E-state index is 0.123. The van der Waals surface area contributed by atoms with Gasteiger partial charge in [0.1, 0.15) is 12.2 Å². The molecule has 180 valence electrons. The zero-order valence-electron chi connectivity index (χ0n) is 20.0. The van der Waals surface area contributed by atoms with Crippen LogP contribution in [0, 0.1) is 13.8 Å². The van der Waals surface area contributed by atoms with Crippen molar-refractivity contribution in [1.82, 2.24) is 14.4 Å². The first kappa shape index (κ1) is 23.8. The normalized spacial score (nSPS) is 17.5. The zero-order chi connectivity index (χ0) is 24.9. The number of thiocarbonyl (C=S) groups is 1. The summed E-state index contributed by atoms with van der Waals surface area (Å²) < 4.78 is 2.92. The fourth-order valence-corrected chi connectivity index (χ4v) is 5.40. The molecule has 8 heteroatoms. The number of amides is 2. The van der Waals surface area contributed by atoms with Crippen LogP contribution in [0.15, 0.2) is 52.8 Å². The third-order valence-electron chi connectivity index (χ3n) is 6.94. The molecule has 0 N–H and O–H groups in total. The van der Waals surface area contributed by atoms with E-state index in [9.17, 15) is 9.59 Å². The van der Waals surface area contributed by atoms with Gasteiger partial charge in [0.25, 0.3) is 5.91 Å². The Labute approximate surface area is 218 Å². The summed E-state index contributed by atoms with van der Waals surface area (Å²) in [5, 5.41) is 1.41. The fraction of sp³-hybridized carbons (Fsp3) is 0.296. The summed E-state index contributed by atoms with van der Waals surface area (Å²) in [6.45, 7) is 6.00. The standard InChI is InChI=1S/C27H27BrN4O2S/c1-17-6-8-21(12-18(17)2)32-26(34)24(29(3)27(32)35)13-19-15-31(16-25(33)30-10-4-5-11-30)23-9-7-20(28)14-22(19)23/h6-9,12-15H,4-5,10-11,16H2,1-3H3/b24-13-. The van der Waals surface area contributed by atoms with Gasteiger partial charge in [0.15, 0.2) is 5.11 Å². The van der Waals surface area contributed by atoms with Crippen LogP contribution in [0.4, 0.5) is 5.69 Å². The maximum atomic E-state index is 13.5. The highest BCUT2D eigenvalue weighted by molar-refractivity contribution is 9.10. The molecule has 2 amide bonds. The zero-order valence-corrected chi connectivity index (χ0v) is 22.4. The Bertz CT molecular complexity index is 1400. The van der Waals surface area contributed by atoms with Gasteiger partial charge >= 0.3 is 0 Å². The summed E-state index contributed by atoms with van der Waals surface area (Å²) in [7, 11) is 1.82. The third-order valence-corrected chi connectivity index (χ3v) is 7.89. The number of fused-ring (bicyclic) bond motifs is 1. The van der Waals surface area contributed by atoms with Gasteiger partial charge in [0, 0.05) is 47.3 Å². The molecule has 3 heterocycles. The number of likely N-dealkylation sites (N-methyl/N-ethyl adjacent to an activating group) is 1. The lowest BCUT2D eigenvalue weighted by molar-refractivity contribution is -0.130. The molecule has 0 bridgehead atoms. The van der Waals surface area contributed by atoms with E-state index in [4.69, 9.17) is 12.2 Å². The lowest BCUT2D eigenvalue weighted by atomic mass is 10.1. The van der Waals surface area contributed by atoms with E-state index in [0.29, 0.717) is 10.8 Å². The van der Waals surface area contributed by atoms with Crippen molar-refractivity contribution < 1.29 is 9.59 Å². The van der Waals surface area contributed by atoms with E-state index in [1.807, 2.05) is 79.0 Å². The van der Waals surface area contributed by atoms with E-state index in [1.54, 1.807) is 9.80 Å². The molecule has 35 heavy (non-hydrogen) atoms. The second-order valence-corrected chi connectivity index (χ2v) is 10.5. The molecule has 5 rings (SSSR count). The number of likely N-dealkylation sites (tertiary alicyclic amines) is 1. The number of nitrogens with zero attached hydrogens (tertiary/aromatic N) is 4. The van der Waals surface area contributed by atoms with Crippen molar-refractivity contribution >= 4 is 67.7 Å². The van der Waals surface area contributed by atoms with E-state index < -0.39 is 0 Å². The quantitative estimate of drug-likeness (QED) is 0.329. The van der Waals surface area contributed by atoms with Gasteiger partial charge in [-0.15, -0.1) is 0 Å². The highest BCUT2D eigenvalue weighted by Gasteiger charge is 2.37. The lowest BCUT2D eigenvalue weighted by Gasteiger charge is -2.17. The van der Waals surface area contributed by atoms with Gasteiger partial charge in [-0.25, -0.2) is 0 Å². The molecule has 0 atom stereocenters. The molecule has 1 aromatic heterocycles. The predicted octanol–water partition coefficient (Wildman–Crippen LogP) is 5.25. The summed E-state index contributed by atoms with van der Waals surface area (Å²) in [6.07, 6.45) is 5.96. The lowest BCUT2D eigenvalue weighted by Crippen LogP contribution is -2.31. The van der Waals surface area contributed by atoms with Gasteiger partial charge in [-0.05, 0) is 86.4 Å². The maximum absolute atomic E-state index is 13.5. The molecule has 2 fully saturated rings. The molecule has 0 saturated carbocycles. The smallest absolute Gasteiger partial charge is 0.281 e. The Morgan fingerprint density at radius 1 is 1.09 bits per heavy atom. The minimum Gasteiger partial charge on any atom is -0.341 e. The molecule has 0 aliphatic carbocycles. The number of anilines is 1. The van der Waals surface area contributed by atoms with E-state index in [0.717, 1.165) is 63.7 Å². The first-order valence-electron chi connectivity index (χ1n) is 11.7. The number of benzene rings is 2. The largest absolute Gasteiger partial charge is 0.341 e. The number of carbonyl (C=O) groups is 2. The number of hydrogen-bond donors (Lipinski definition) is 0. The van der Waals surface area contributed by atoms with Crippen molar-refractivity contribution in [3.05, 3.63) is 69.5 Å². The number of halogens is 1. The number of rotatable bonds is 4. The molecule has 2 saturated heterocycles. The molecule has 0 unspecified atom stereocenters. The molecule has 2 aliphatic rings. The first-order valence-corrected chi connectivity index (χ1v) is 12.9. The maximum Gasteiger partial charge on any atom is 0.281 e. The molecule has 0 radical (unpaired) electrons. The average Bonchev–Trinajstić information content (AvgIpc) is 3.52. The van der Waals surface area contributed by atoms with Crippen LogP contribution in [0.3, 0.4) is 0 Å². The van der Waals surface area contributed by atoms with Crippen LogP contribution in [0.25, 0.3) is 17.0 Å². The van der Waals surface area contributed by atoms with Crippen molar-refractivity contribution in [3.8, 4) is 0 Å². The van der Waals surface area contributed by atoms with Crippen LogP contribution in [0.5, 0.6) is 0 Å². The fourth-order valence-electron chi connectivity index (χ4n) is 4.75. The topological polar surface area (TPSA) is 48.8 Å². The van der Waals surface area contributed by atoms with Crippen molar-refractivity contribution in [2.24, 2.45) is 0 Å². The van der Waals surface area contributed by atoms with Crippen LogP contribution in [-0.2, 0) is 16.1 Å². The van der Waals surface area contributed by atoms with Crippen LogP contribution >= 0.6 is 28.1 Å². The van der Waals surface area contributed by atoms with Crippen molar-refractivity contribution in [1.29, 1.82) is 0 Å². The molecule has 3 aromatic rings. The van der Waals surface area contributed by atoms with Crippen LogP contribution in [0.1, 0.15) is 29.5 Å². The number of aryl methyl sites for hydroxylation is 2. The Kier molecular flexibility index (Phi) is 6.27. The first-order chi connectivity index (χ1) is 16.7. The SMILES string of the molecule is Cc1ccc(N2C(=O)/C(=C/c3cn(CC(=O)N4CCCC4)c4ccc(Br)cc34)N(C)C2=S)cc1C. The van der Waals surface area contributed by atoms with Crippen LogP contribution < -0.4 is 4.90 Å². The molecule has 2 aromatic carbocycles. The summed E-state index contributed by atoms with van der Waals surface area (Å²) >= 11 is 9.23. The predicted molar refractivity (Wildman–Crippen MR) is 147 cm³/mol. The average molecular weight is 552 g/mol. The highest BCUT2D eigenvalue weighted by Crippen LogP contribution is 2.32. The molecule has 6 nitrogen and oxygen atoms in total. The van der Waals surface area contributed by atoms with Gasteiger partial charge in [0.2, 0.25) is 5.91 Å². The third kappa shape index (κ3) is 4.29. The van der Waals surface area contributed by atoms with Crippen molar-refractivity contribution in [2.45, 2.75) is 33.2 Å². The summed E-state index contributed by atoms with van der Waals surface area (Å²) in [5.74, 6) is -0.0394. The van der Waals surface area contributed by atoms with E-state index in [-0.39, 0.29) is 18.4 Å². The number of carbonyl (C=O) groups excluding carboxylic acids is 2. The van der Waals surface area contributed by atoms with Crippen LogP contribution in [-0.4, -0.2) is 51.4 Å². The van der Waals surface area contributed by atoms with E-state index in [2.05, 4.69) is 15.9 Å². The van der Waals surface area contributed by atoms with Gasteiger partial charge in [-0.3, -0.25) is 14.5 Å². The van der Waals surface area contributed by atoms with Crippen molar-refractivity contribution in [3.63, 3.8) is 0 Å². The molecule has 0 spiro atoms. The van der Waals surface area contributed by atoms with Gasteiger partial charge in [0.05, 0.1) is 5.69 Å². The molecular weight excluding hydrogens is 524 g/mol. The van der Waals surface area contributed by atoms with Gasteiger partial charge < -0.3 is 14.4 Å². The summed E-state index contributed by atoms with van der Waals surface area (Å²) in [6, 6.07) is 11.9. The molecule has 2 aliphatic heterocycles. The second-order valence-electron chi connectivity index (χ2n) is 9.24. The van der Waals surface area contributed by atoms with Crippen molar-refractivity contribution in [2.75, 3.05) is 25.0 Å². The van der Waals surface area contributed by atoms with Crippen LogP contribution in [0.2, 0.25) is 0 Å². The second kappa shape index (κ2) is 9.24. The minimum atomic E-state index is -0.162. The molecular formula is C27H27BrN4O2S. The Hall–Kier alpha value is -2.97. The van der Waals surface area contributed by atoms with Gasteiger partial charge in [-0.2, -0.15) is 0 Å². The highest BCUT2D eigenvalue weighted by atomic mass is 79.9. The summed E-state index contributed by atoms with van der Waals surface area (Å²) in [4.78, 5) is 31.7. The van der Waals surface area contributed by atoms with E-state index >= 15 is 0 Å². The van der Waals surface area contributed by atoms with Gasteiger partial charge in [-0.1, -0.05) is 22.0 Å². The Morgan fingerprint density at radius 2 is 1.83 bits per heavy atom. The Balaban J connectivity index is 1.54. The monoisotopic (exact) mass is 550 g/mol.